The van der Waals surface area contributed by atoms with E-state index in [-0.39, 0.29) is 0 Å². The summed E-state index contributed by atoms with van der Waals surface area (Å²) in [6.07, 6.45) is 2.61. The van der Waals surface area contributed by atoms with E-state index >= 15 is 0 Å². The Hall–Kier alpha value is 0.478. The standard InChI is InChI=1S/C7H19AsN2/c1-10-7-3-5-8-4-2-6-9/h8,10H,2-7,9H2,1H3. The van der Waals surface area contributed by atoms with Gasteiger partial charge in [0.15, 0.2) is 0 Å². The molecule has 0 aromatic heterocycles. The van der Waals surface area contributed by atoms with Crippen LogP contribution in [0, 0.1) is 0 Å². The van der Waals surface area contributed by atoms with Crippen LogP contribution in [0.3, 0.4) is 0 Å². The molecule has 0 fully saturated rings. The minimum absolute atomic E-state index is 0.369. The van der Waals surface area contributed by atoms with E-state index < -0.39 is 0 Å². The molecule has 10 heavy (non-hydrogen) atoms. The van der Waals surface area contributed by atoms with Crippen LogP contribution in [0.1, 0.15) is 12.8 Å². The van der Waals surface area contributed by atoms with Crippen LogP contribution in [0.15, 0.2) is 0 Å². The first kappa shape index (κ1) is 10.5. The summed E-state index contributed by atoms with van der Waals surface area (Å²) in [7, 11) is 2.01. The summed E-state index contributed by atoms with van der Waals surface area (Å²) in [5.74, 6) is 0. The summed E-state index contributed by atoms with van der Waals surface area (Å²) in [4.78, 5) is 0. The molecule has 3 N–H and O–H groups in total. The first-order valence-corrected chi connectivity index (χ1v) is 6.94. The second-order valence-electron chi connectivity index (χ2n) is 2.35. The third-order valence-corrected chi connectivity index (χ3v) is 4.31. The predicted molar refractivity (Wildman–Crippen MR) is 49.0 cm³/mol. The molecule has 0 aliphatic rings. The second kappa shape index (κ2) is 9.48. The zero-order valence-electron chi connectivity index (χ0n) is 6.82. The van der Waals surface area contributed by atoms with Crippen molar-refractivity contribution >= 4 is 15.8 Å². The molecular formula is C7H19AsN2. The van der Waals surface area contributed by atoms with Crippen LogP contribution < -0.4 is 11.1 Å². The summed E-state index contributed by atoms with van der Waals surface area (Å²) in [6, 6.07) is 0. The predicted octanol–water partition coefficient (Wildman–Crippen LogP) is 0.218. The van der Waals surface area contributed by atoms with E-state index in [1.807, 2.05) is 7.05 Å². The molecule has 3 heteroatoms. The number of hydrogen-bond acceptors (Lipinski definition) is 2. The monoisotopic (exact) mass is 206 g/mol. The Kier molecular flexibility index (Phi) is 9.93. The van der Waals surface area contributed by atoms with Crippen LogP contribution in [-0.4, -0.2) is 35.9 Å². The van der Waals surface area contributed by atoms with E-state index in [4.69, 9.17) is 5.73 Å². The maximum atomic E-state index is 5.38. The van der Waals surface area contributed by atoms with Crippen molar-refractivity contribution in [3.05, 3.63) is 0 Å². The minimum atomic E-state index is 0.369. The molecule has 0 aromatic carbocycles. The third-order valence-electron chi connectivity index (χ3n) is 1.34. The van der Waals surface area contributed by atoms with Gasteiger partial charge < -0.3 is 0 Å². The molecule has 0 aliphatic carbocycles. The Labute approximate surface area is 70.6 Å². The molecule has 2 nitrogen and oxygen atoms in total. The Morgan fingerprint density at radius 2 is 2.00 bits per heavy atom. The zero-order valence-corrected chi connectivity index (χ0v) is 8.92. The first-order chi connectivity index (χ1) is 4.91. The average molecular weight is 206 g/mol. The quantitative estimate of drug-likeness (QED) is 0.462. The Bertz CT molecular complexity index is 51.6. The van der Waals surface area contributed by atoms with Gasteiger partial charge in [0.25, 0.3) is 0 Å². The fourth-order valence-electron chi connectivity index (χ4n) is 0.742. The summed E-state index contributed by atoms with van der Waals surface area (Å²) >= 11 is 0.369. The van der Waals surface area contributed by atoms with Gasteiger partial charge in [0.2, 0.25) is 0 Å². The average Bonchev–Trinajstić information content (AvgIpc) is 1.97. The first-order valence-electron chi connectivity index (χ1n) is 3.97. The molecule has 0 amide bonds. The van der Waals surface area contributed by atoms with Gasteiger partial charge in [0, 0.05) is 0 Å². The van der Waals surface area contributed by atoms with Crippen LogP contribution >= 0.6 is 0 Å². The molecule has 0 radical (unpaired) electrons. The molecular weight excluding hydrogens is 187 g/mol. The number of hydrogen-bond donors (Lipinski definition) is 2. The Balaban J connectivity index is 2.65. The summed E-state index contributed by atoms with van der Waals surface area (Å²) in [5.41, 5.74) is 5.38. The molecule has 62 valence electrons. The van der Waals surface area contributed by atoms with Crippen molar-refractivity contribution < 1.29 is 0 Å². The van der Waals surface area contributed by atoms with E-state index in [1.54, 1.807) is 0 Å². The molecule has 0 bridgehead atoms. The van der Waals surface area contributed by atoms with E-state index in [2.05, 4.69) is 5.32 Å². The molecule has 0 heterocycles. The SMILES string of the molecule is CNCCC[AsH]CCCN. The van der Waals surface area contributed by atoms with Crippen molar-refractivity contribution in [2.75, 3.05) is 20.1 Å². The van der Waals surface area contributed by atoms with Gasteiger partial charge in [-0.25, -0.2) is 0 Å². The third kappa shape index (κ3) is 8.48. The fourth-order valence-corrected chi connectivity index (χ4v) is 3.11. The normalized spacial score (nSPS) is 11.4. The van der Waals surface area contributed by atoms with Crippen molar-refractivity contribution in [1.29, 1.82) is 0 Å². The zero-order chi connectivity index (χ0) is 7.66. The Morgan fingerprint density at radius 1 is 1.30 bits per heavy atom. The second-order valence-corrected chi connectivity index (χ2v) is 5.50. The van der Waals surface area contributed by atoms with Gasteiger partial charge in [-0.05, 0) is 0 Å². The maximum absolute atomic E-state index is 5.38. The van der Waals surface area contributed by atoms with E-state index in [1.165, 1.54) is 29.8 Å². The van der Waals surface area contributed by atoms with Crippen molar-refractivity contribution in [3.63, 3.8) is 0 Å². The van der Waals surface area contributed by atoms with Crippen molar-refractivity contribution in [2.24, 2.45) is 5.73 Å². The molecule has 0 spiro atoms. The molecule has 1 atom stereocenters. The number of nitrogens with two attached hydrogens (primary N) is 1. The van der Waals surface area contributed by atoms with Crippen LogP contribution in [0.5, 0.6) is 0 Å². The van der Waals surface area contributed by atoms with Gasteiger partial charge >= 0.3 is 70.2 Å². The van der Waals surface area contributed by atoms with Gasteiger partial charge in [-0.15, -0.1) is 0 Å². The van der Waals surface area contributed by atoms with E-state index in [0.717, 1.165) is 6.54 Å². The summed E-state index contributed by atoms with van der Waals surface area (Å²) in [6.45, 7) is 2.07. The molecule has 0 saturated carbocycles. The van der Waals surface area contributed by atoms with Crippen molar-refractivity contribution in [1.82, 2.24) is 5.32 Å². The van der Waals surface area contributed by atoms with Gasteiger partial charge in [0.05, 0.1) is 0 Å². The molecule has 0 aliphatic heterocycles. The number of rotatable bonds is 7. The molecule has 0 saturated heterocycles. The van der Waals surface area contributed by atoms with Gasteiger partial charge in [-0.3, -0.25) is 0 Å². The molecule has 0 rings (SSSR count). The van der Waals surface area contributed by atoms with Gasteiger partial charge in [0.1, 0.15) is 0 Å². The van der Waals surface area contributed by atoms with Gasteiger partial charge in [-0.2, -0.15) is 0 Å². The molecule has 1 unspecified atom stereocenters. The summed E-state index contributed by atoms with van der Waals surface area (Å²) < 4.78 is 0. The van der Waals surface area contributed by atoms with Crippen LogP contribution in [0.2, 0.25) is 10.4 Å². The van der Waals surface area contributed by atoms with Gasteiger partial charge in [-0.1, -0.05) is 0 Å². The van der Waals surface area contributed by atoms with E-state index in [9.17, 15) is 0 Å². The van der Waals surface area contributed by atoms with Crippen LogP contribution in [0.25, 0.3) is 0 Å². The number of nitrogens with one attached hydrogen (secondary N) is 1. The molecule has 0 aromatic rings. The van der Waals surface area contributed by atoms with Crippen molar-refractivity contribution in [2.45, 2.75) is 23.3 Å². The topological polar surface area (TPSA) is 38.0 Å². The Morgan fingerprint density at radius 3 is 2.60 bits per heavy atom. The summed E-state index contributed by atoms with van der Waals surface area (Å²) in [5, 5.41) is 6.06. The fraction of sp³-hybridized carbons (Fsp3) is 1.00. The van der Waals surface area contributed by atoms with E-state index in [0.29, 0.717) is 15.8 Å². The van der Waals surface area contributed by atoms with Crippen molar-refractivity contribution in [3.8, 4) is 0 Å². The van der Waals surface area contributed by atoms with Crippen LogP contribution in [-0.2, 0) is 0 Å². The van der Waals surface area contributed by atoms with Crippen LogP contribution in [0.4, 0.5) is 0 Å².